The molecule has 2 aromatic rings. The van der Waals surface area contributed by atoms with E-state index < -0.39 is 4.92 Å². The van der Waals surface area contributed by atoms with Gasteiger partial charge < -0.3 is 4.90 Å². The van der Waals surface area contributed by atoms with Crippen LogP contribution in [-0.4, -0.2) is 24.6 Å². The van der Waals surface area contributed by atoms with E-state index in [4.69, 9.17) is 5.53 Å². The molecule has 0 radical (unpaired) electrons. The minimum absolute atomic E-state index is 0.0173. The predicted octanol–water partition coefficient (Wildman–Crippen LogP) is 5.15. The largest absolute Gasteiger partial charge is 0.372 e. The van der Waals surface area contributed by atoms with Crippen molar-refractivity contribution in [3.05, 3.63) is 69.1 Å². The van der Waals surface area contributed by atoms with Gasteiger partial charge in [-0.1, -0.05) is 5.11 Å². The Morgan fingerprint density at radius 1 is 1.08 bits per heavy atom. The molecule has 0 aliphatic heterocycles. The summed E-state index contributed by atoms with van der Waals surface area (Å²) < 4.78 is 0. The molecule has 128 valence electrons. The van der Waals surface area contributed by atoms with Gasteiger partial charge in [0.05, 0.1) is 16.3 Å². The molecule has 0 amide bonds. The van der Waals surface area contributed by atoms with Crippen LogP contribution in [-0.2, 0) is 0 Å². The maximum atomic E-state index is 10.6. The Balaban J connectivity index is 2.03. The van der Waals surface area contributed by atoms with E-state index in [0.717, 1.165) is 12.2 Å². The molecule has 25 heavy (non-hydrogen) atoms. The zero-order valence-electron chi connectivity index (χ0n) is 13.7. The van der Waals surface area contributed by atoms with Crippen LogP contribution < -0.4 is 4.90 Å². The van der Waals surface area contributed by atoms with Gasteiger partial charge >= 0.3 is 0 Å². The summed E-state index contributed by atoms with van der Waals surface area (Å²) in [6.45, 7) is 3.87. The van der Waals surface area contributed by atoms with E-state index in [1.165, 1.54) is 12.1 Å². The van der Waals surface area contributed by atoms with Gasteiger partial charge in [0.2, 0.25) is 0 Å². The van der Waals surface area contributed by atoms with Crippen molar-refractivity contribution < 1.29 is 4.92 Å². The molecule has 0 bridgehead atoms. The number of azo groups is 1. The van der Waals surface area contributed by atoms with Crippen molar-refractivity contribution in [2.45, 2.75) is 6.92 Å². The highest BCUT2D eigenvalue weighted by molar-refractivity contribution is 5.53. The summed E-state index contributed by atoms with van der Waals surface area (Å²) in [5, 5.41) is 22.3. The fraction of sp³-hybridized carbons (Fsp3) is 0.250. The number of hydrogen-bond acceptors (Lipinski definition) is 6. The smallest absolute Gasteiger partial charge is 0.269 e. The molecule has 0 aliphatic rings. The Bertz CT molecular complexity index is 781. The van der Waals surface area contributed by atoms with Gasteiger partial charge in [-0.15, -0.1) is 0 Å². The van der Waals surface area contributed by atoms with Crippen LogP contribution in [0.15, 0.2) is 63.9 Å². The molecule has 0 unspecified atom stereocenters. The molecular formula is C16H17N7O2. The van der Waals surface area contributed by atoms with Crippen LogP contribution in [0.25, 0.3) is 10.4 Å². The molecule has 0 atom stereocenters. The molecule has 2 rings (SSSR count). The van der Waals surface area contributed by atoms with Gasteiger partial charge in [-0.05, 0) is 48.9 Å². The third-order valence-corrected chi connectivity index (χ3v) is 3.47. The van der Waals surface area contributed by atoms with Crippen molar-refractivity contribution in [2.24, 2.45) is 15.3 Å². The zero-order chi connectivity index (χ0) is 18.1. The maximum absolute atomic E-state index is 10.6. The summed E-state index contributed by atoms with van der Waals surface area (Å²) in [7, 11) is 0. The predicted molar refractivity (Wildman–Crippen MR) is 95.6 cm³/mol. The van der Waals surface area contributed by atoms with Gasteiger partial charge in [0.15, 0.2) is 0 Å². The molecule has 0 aromatic heterocycles. The summed E-state index contributed by atoms with van der Waals surface area (Å²) >= 11 is 0. The fourth-order valence-electron chi connectivity index (χ4n) is 2.17. The Morgan fingerprint density at radius 3 is 2.12 bits per heavy atom. The van der Waals surface area contributed by atoms with Gasteiger partial charge in [0, 0.05) is 42.4 Å². The summed E-state index contributed by atoms with van der Waals surface area (Å²) in [6.07, 6.45) is 0. The van der Waals surface area contributed by atoms with Crippen LogP contribution in [0.2, 0.25) is 0 Å². The second-order valence-electron chi connectivity index (χ2n) is 5.02. The molecular weight excluding hydrogens is 322 g/mol. The first-order valence-corrected chi connectivity index (χ1v) is 7.66. The quantitative estimate of drug-likeness (QED) is 0.217. The number of nitro groups is 1. The van der Waals surface area contributed by atoms with E-state index in [1.54, 1.807) is 12.1 Å². The number of nitro benzene ring substituents is 1. The van der Waals surface area contributed by atoms with E-state index in [1.807, 2.05) is 31.2 Å². The molecule has 0 fully saturated rings. The number of anilines is 1. The van der Waals surface area contributed by atoms with Crippen LogP contribution in [0.4, 0.5) is 22.7 Å². The summed E-state index contributed by atoms with van der Waals surface area (Å²) in [6, 6.07) is 13.4. The van der Waals surface area contributed by atoms with Crippen LogP contribution in [0.5, 0.6) is 0 Å². The molecule has 2 aromatic carbocycles. The lowest BCUT2D eigenvalue weighted by molar-refractivity contribution is -0.384. The van der Waals surface area contributed by atoms with Crippen molar-refractivity contribution in [1.82, 2.24) is 0 Å². The highest BCUT2D eigenvalue weighted by Crippen LogP contribution is 2.23. The van der Waals surface area contributed by atoms with Crippen molar-refractivity contribution >= 4 is 22.7 Å². The number of rotatable bonds is 8. The number of nitrogens with zero attached hydrogens (tertiary/aromatic N) is 7. The highest BCUT2D eigenvalue weighted by atomic mass is 16.6. The monoisotopic (exact) mass is 339 g/mol. The molecule has 0 N–H and O–H groups in total. The molecule has 0 aliphatic carbocycles. The summed E-state index contributed by atoms with van der Waals surface area (Å²) in [4.78, 5) is 15.0. The first-order valence-electron chi connectivity index (χ1n) is 7.66. The number of likely N-dealkylation sites (N-methyl/N-ethyl adjacent to an activating group) is 1. The van der Waals surface area contributed by atoms with Crippen LogP contribution >= 0.6 is 0 Å². The first-order chi connectivity index (χ1) is 12.1. The number of benzene rings is 2. The van der Waals surface area contributed by atoms with Gasteiger partial charge in [0.1, 0.15) is 0 Å². The average molecular weight is 339 g/mol. The number of hydrogen-bond donors (Lipinski definition) is 0. The third kappa shape index (κ3) is 5.29. The summed E-state index contributed by atoms with van der Waals surface area (Å²) in [5.74, 6) is 0. The number of azide groups is 1. The Kier molecular flexibility index (Phi) is 6.44. The second kappa shape index (κ2) is 8.99. The SMILES string of the molecule is CCN(CCN=[N+]=[N-])c1ccc(N=Nc2ccc([N+](=O)[O-])cc2)cc1. The Labute approximate surface area is 144 Å². The zero-order valence-corrected chi connectivity index (χ0v) is 13.7. The minimum Gasteiger partial charge on any atom is -0.372 e. The summed E-state index contributed by atoms with van der Waals surface area (Å²) in [5.41, 5.74) is 10.6. The Hall–Kier alpha value is -3.45. The lowest BCUT2D eigenvalue weighted by atomic mass is 10.2. The van der Waals surface area contributed by atoms with Crippen molar-refractivity contribution in [1.29, 1.82) is 0 Å². The molecule has 9 nitrogen and oxygen atoms in total. The molecule has 0 heterocycles. The lowest BCUT2D eigenvalue weighted by Gasteiger charge is -2.22. The Morgan fingerprint density at radius 2 is 1.64 bits per heavy atom. The van der Waals surface area contributed by atoms with Crippen molar-refractivity contribution in [3.63, 3.8) is 0 Å². The standard InChI is InChI=1S/C16H17N7O2/c1-2-22(12-11-18-21-17)15-7-3-13(4-8-15)19-20-14-5-9-16(10-6-14)23(24)25/h3-10H,2,11-12H2,1H3. The van der Waals surface area contributed by atoms with Crippen molar-refractivity contribution in [3.8, 4) is 0 Å². The van der Waals surface area contributed by atoms with E-state index >= 15 is 0 Å². The van der Waals surface area contributed by atoms with Gasteiger partial charge in [0.25, 0.3) is 5.69 Å². The van der Waals surface area contributed by atoms with E-state index in [9.17, 15) is 10.1 Å². The average Bonchev–Trinajstić information content (AvgIpc) is 2.64. The fourth-order valence-corrected chi connectivity index (χ4v) is 2.17. The van der Waals surface area contributed by atoms with E-state index in [-0.39, 0.29) is 5.69 Å². The first kappa shape index (κ1) is 17.9. The van der Waals surface area contributed by atoms with E-state index in [0.29, 0.717) is 24.5 Å². The molecule has 0 spiro atoms. The second-order valence-corrected chi connectivity index (χ2v) is 5.02. The maximum Gasteiger partial charge on any atom is 0.269 e. The molecule has 0 saturated carbocycles. The van der Waals surface area contributed by atoms with E-state index in [2.05, 4.69) is 25.2 Å². The lowest BCUT2D eigenvalue weighted by Crippen LogP contribution is -2.25. The van der Waals surface area contributed by atoms with Crippen LogP contribution in [0.1, 0.15) is 6.92 Å². The number of non-ortho nitro benzene ring substituents is 1. The topological polar surface area (TPSA) is 120 Å². The third-order valence-electron chi connectivity index (χ3n) is 3.47. The van der Waals surface area contributed by atoms with Crippen LogP contribution in [0.3, 0.4) is 0 Å². The highest BCUT2D eigenvalue weighted by Gasteiger charge is 2.04. The molecule has 0 saturated heterocycles. The minimum atomic E-state index is -0.457. The van der Waals surface area contributed by atoms with Gasteiger partial charge in [-0.2, -0.15) is 10.2 Å². The van der Waals surface area contributed by atoms with Crippen LogP contribution in [0, 0.1) is 10.1 Å². The van der Waals surface area contributed by atoms with Gasteiger partial charge in [-0.25, -0.2) is 0 Å². The van der Waals surface area contributed by atoms with Gasteiger partial charge in [-0.3, -0.25) is 10.1 Å². The normalized spacial score (nSPS) is 10.4. The molecule has 9 heteroatoms. The van der Waals surface area contributed by atoms with Crippen molar-refractivity contribution in [2.75, 3.05) is 24.5 Å².